The van der Waals surface area contributed by atoms with Crippen molar-refractivity contribution in [1.82, 2.24) is 9.80 Å². The smallest absolute Gasteiger partial charge is 0.351 e. The molecule has 8 heteroatoms. The van der Waals surface area contributed by atoms with Crippen LogP contribution in [0.25, 0.3) is 0 Å². The first kappa shape index (κ1) is 16.5. The summed E-state index contributed by atoms with van der Waals surface area (Å²) in [6.07, 6.45) is -3.90. The minimum atomic E-state index is -4.57. The number of carbonyl (C=O) groups excluding carboxylic acids is 1. The molecule has 0 radical (unpaired) electrons. The molecule has 1 aromatic rings. The predicted octanol–water partition coefficient (Wildman–Crippen LogP) is 2.43. The molecule has 22 heavy (non-hydrogen) atoms. The molecular weight excluding hydrogens is 302 g/mol. The lowest BCUT2D eigenvalue weighted by molar-refractivity contribution is -0.137. The monoisotopic (exact) mass is 319 g/mol. The van der Waals surface area contributed by atoms with Gasteiger partial charge >= 0.3 is 12.2 Å². The fraction of sp³-hybridized carbons (Fsp3) is 0.500. The van der Waals surface area contributed by atoms with Gasteiger partial charge in [0.1, 0.15) is 5.82 Å². The summed E-state index contributed by atoms with van der Waals surface area (Å²) in [6, 6.07) is 2.04. The minimum absolute atomic E-state index is 0.202. The molecule has 2 rings (SSSR count). The van der Waals surface area contributed by atoms with Crippen LogP contribution in [0.1, 0.15) is 17.5 Å². The maximum Gasteiger partial charge on any atom is 0.416 e. The molecule has 2 amide bonds. The normalized spacial score (nSPS) is 17.4. The number of amides is 2. The predicted molar refractivity (Wildman–Crippen MR) is 72.5 cm³/mol. The van der Waals surface area contributed by atoms with Gasteiger partial charge in [0.15, 0.2) is 0 Å². The van der Waals surface area contributed by atoms with E-state index in [0.717, 1.165) is 12.1 Å². The number of rotatable bonds is 2. The van der Waals surface area contributed by atoms with Crippen molar-refractivity contribution in [3.8, 4) is 0 Å². The Hall–Kier alpha value is -1.83. The zero-order chi connectivity index (χ0) is 16.3. The fourth-order valence-corrected chi connectivity index (χ4v) is 2.51. The highest BCUT2D eigenvalue weighted by atomic mass is 19.4. The van der Waals surface area contributed by atoms with Crippen LogP contribution in [0.4, 0.5) is 22.4 Å². The van der Waals surface area contributed by atoms with E-state index in [0.29, 0.717) is 38.7 Å². The molecule has 122 valence electrons. The molecule has 1 aliphatic heterocycles. The van der Waals surface area contributed by atoms with E-state index in [4.69, 9.17) is 5.73 Å². The largest absolute Gasteiger partial charge is 0.416 e. The summed E-state index contributed by atoms with van der Waals surface area (Å²) in [5, 5.41) is 0. The van der Waals surface area contributed by atoms with E-state index in [9.17, 15) is 22.4 Å². The zero-order valence-electron chi connectivity index (χ0n) is 11.9. The molecule has 1 aliphatic rings. The Morgan fingerprint density at radius 3 is 2.50 bits per heavy atom. The van der Waals surface area contributed by atoms with Crippen molar-refractivity contribution in [3.63, 3.8) is 0 Å². The van der Waals surface area contributed by atoms with Gasteiger partial charge in [-0.25, -0.2) is 9.18 Å². The third kappa shape index (κ3) is 4.33. The number of nitrogens with zero attached hydrogens (tertiary/aromatic N) is 2. The molecule has 1 aromatic carbocycles. The van der Waals surface area contributed by atoms with Crippen LogP contribution >= 0.6 is 0 Å². The number of halogens is 4. The number of nitrogens with two attached hydrogens (primary N) is 1. The first-order chi connectivity index (χ1) is 10.3. The molecule has 0 bridgehead atoms. The molecule has 0 aromatic heterocycles. The van der Waals surface area contributed by atoms with Crippen LogP contribution in [0.2, 0.25) is 0 Å². The quantitative estimate of drug-likeness (QED) is 0.851. The molecule has 0 atom stereocenters. The molecule has 0 unspecified atom stereocenters. The van der Waals surface area contributed by atoms with Crippen LogP contribution in [0.3, 0.4) is 0 Å². The topological polar surface area (TPSA) is 49.6 Å². The number of primary amides is 1. The summed E-state index contributed by atoms with van der Waals surface area (Å²) in [4.78, 5) is 14.5. The van der Waals surface area contributed by atoms with Gasteiger partial charge in [0.05, 0.1) is 5.56 Å². The number of carbonyl (C=O) groups is 1. The lowest BCUT2D eigenvalue weighted by Gasteiger charge is -2.21. The van der Waals surface area contributed by atoms with Crippen molar-refractivity contribution in [2.24, 2.45) is 5.73 Å². The summed E-state index contributed by atoms with van der Waals surface area (Å²) >= 11 is 0. The van der Waals surface area contributed by atoms with Crippen LogP contribution in [-0.2, 0) is 12.7 Å². The lowest BCUT2D eigenvalue weighted by atomic mass is 10.1. The van der Waals surface area contributed by atoms with E-state index in [1.165, 1.54) is 4.90 Å². The number of hydrogen-bond acceptors (Lipinski definition) is 2. The van der Waals surface area contributed by atoms with Gasteiger partial charge in [0.25, 0.3) is 0 Å². The van der Waals surface area contributed by atoms with Gasteiger partial charge in [-0.05, 0) is 30.2 Å². The van der Waals surface area contributed by atoms with E-state index in [1.54, 1.807) is 0 Å². The number of benzene rings is 1. The summed E-state index contributed by atoms with van der Waals surface area (Å²) in [6.45, 7) is 2.23. The summed E-state index contributed by atoms with van der Waals surface area (Å²) < 4.78 is 51.5. The highest BCUT2D eigenvalue weighted by molar-refractivity contribution is 5.71. The van der Waals surface area contributed by atoms with Crippen molar-refractivity contribution in [2.75, 3.05) is 26.2 Å². The van der Waals surface area contributed by atoms with E-state index < -0.39 is 23.6 Å². The zero-order valence-corrected chi connectivity index (χ0v) is 11.9. The SMILES string of the molecule is NC(=O)N1CCCN(Cc2cc(F)cc(C(F)(F)F)c2)CC1. The molecule has 1 fully saturated rings. The third-order valence-electron chi connectivity index (χ3n) is 3.59. The maximum absolute atomic E-state index is 13.4. The standard InChI is InChI=1S/C14H17F4N3O/c15-12-7-10(6-11(8-12)14(16,17)18)9-20-2-1-3-21(5-4-20)13(19)22/h6-8H,1-5,9H2,(H2,19,22). The average Bonchev–Trinajstić information content (AvgIpc) is 2.62. The highest BCUT2D eigenvalue weighted by Gasteiger charge is 2.31. The molecular formula is C14H17F4N3O. The summed E-state index contributed by atoms with van der Waals surface area (Å²) in [5.74, 6) is -0.904. The molecule has 0 spiro atoms. The first-order valence-electron chi connectivity index (χ1n) is 6.89. The molecule has 1 heterocycles. The maximum atomic E-state index is 13.4. The van der Waals surface area contributed by atoms with Crippen LogP contribution in [0.15, 0.2) is 18.2 Å². The second-order valence-electron chi connectivity index (χ2n) is 5.30. The van der Waals surface area contributed by atoms with Gasteiger partial charge < -0.3 is 10.6 Å². The van der Waals surface area contributed by atoms with Crippen LogP contribution in [0.5, 0.6) is 0 Å². The van der Waals surface area contributed by atoms with E-state index >= 15 is 0 Å². The lowest BCUT2D eigenvalue weighted by Crippen LogP contribution is -2.38. The van der Waals surface area contributed by atoms with Crippen LogP contribution in [0, 0.1) is 5.82 Å². The van der Waals surface area contributed by atoms with Crippen molar-refractivity contribution >= 4 is 6.03 Å². The molecule has 1 saturated heterocycles. The Labute approximate surface area is 125 Å². The van der Waals surface area contributed by atoms with Crippen molar-refractivity contribution < 1.29 is 22.4 Å². The average molecular weight is 319 g/mol. The highest BCUT2D eigenvalue weighted by Crippen LogP contribution is 2.30. The Balaban J connectivity index is 2.07. The summed E-state index contributed by atoms with van der Waals surface area (Å²) in [5.41, 5.74) is 4.49. The van der Waals surface area contributed by atoms with Crippen molar-refractivity contribution in [1.29, 1.82) is 0 Å². The molecule has 0 aliphatic carbocycles. The van der Waals surface area contributed by atoms with Crippen LogP contribution in [-0.4, -0.2) is 42.0 Å². The van der Waals surface area contributed by atoms with E-state index in [1.807, 2.05) is 4.90 Å². The number of alkyl halides is 3. The van der Waals surface area contributed by atoms with Gasteiger partial charge in [-0.15, -0.1) is 0 Å². The van der Waals surface area contributed by atoms with Crippen LogP contribution < -0.4 is 5.73 Å². The van der Waals surface area contributed by atoms with Gasteiger partial charge in [0.2, 0.25) is 0 Å². The van der Waals surface area contributed by atoms with Gasteiger partial charge in [-0.3, -0.25) is 4.90 Å². The van der Waals surface area contributed by atoms with Gasteiger partial charge in [-0.1, -0.05) is 0 Å². The third-order valence-corrected chi connectivity index (χ3v) is 3.59. The molecule has 2 N–H and O–H groups in total. The molecule has 0 saturated carbocycles. The number of urea groups is 1. The Morgan fingerprint density at radius 1 is 1.14 bits per heavy atom. The van der Waals surface area contributed by atoms with E-state index in [-0.39, 0.29) is 12.1 Å². The second kappa shape index (κ2) is 6.51. The minimum Gasteiger partial charge on any atom is -0.351 e. The van der Waals surface area contributed by atoms with Crippen molar-refractivity contribution in [3.05, 3.63) is 35.1 Å². The molecule has 4 nitrogen and oxygen atoms in total. The van der Waals surface area contributed by atoms with Crippen molar-refractivity contribution in [2.45, 2.75) is 19.1 Å². The fourth-order valence-electron chi connectivity index (χ4n) is 2.51. The van der Waals surface area contributed by atoms with Gasteiger partial charge in [-0.2, -0.15) is 13.2 Å². The Bertz CT molecular complexity index is 547. The summed E-state index contributed by atoms with van der Waals surface area (Å²) in [7, 11) is 0. The van der Waals surface area contributed by atoms with E-state index in [2.05, 4.69) is 0 Å². The van der Waals surface area contributed by atoms with Gasteiger partial charge in [0, 0.05) is 32.7 Å². The Kier molecular flexibility index (Phi) is 4.90. The first-order valence-corrected chi connectivity index (χ1v) is 6.89. The number of hydrogen-bond donors (Lipinski definition) is 1. The Morgan fingerprint density at radius 2 is 1.86 bits per heavy atom. The second-order valence-corrected chi connectivity index (χ2v) is 5.30.